The molecule has 4 heterocycles. The number of aliphatic carboxylic acids is 1. The number of carboxylic acid groups (broad SMARTS) is 1. The van der Waals surface area contributed by atoms with Gasteiger partial charge in [0.05, 0.1) is 16.9 Å². The Hall–Kier alpha value is -1.77. The predicted octanol–water partition coefficient (Wildman–Crippen LogP) is 2.43. The summed E-state index contributed by atoms with van der Waals surface area (Å²) in [6.07, 6.45) is 0.453. The van der Waals surface area contributed by atoms with E-state index in [-0.39, 0.29) is 18.4 Å². The van der Waals surface area contributed by atoms with Crippen molar-refractivity contribution in [3.63, 3.8) is 0 Å². The van der Waals surface area contributed by atoms with Crippen molar-refractivity contribution >= 4 is 34.6 Å². The number of amides is 1. The van der Waals surface area contributed by atoms with E-state index >= 15 is 0 Å². The van der Waals surface area contributed by atoms with Crippen molar-refractivity contribution in [1.82, 2.24) is 9.88 Å². The van der Waals surface area contributed by atoms with Crippen LogP contribution in [0.25, 0.3) is 9.88 Å². The standard InChI is InChI=1S/C16H16N2O4S2/c19-14(11-8-24-13(17-11)12-2-1-5-23-12)18-6-10-7-22-4-3-16(10,9-18)15(20)21/h1-2,5,8,10H,3-4,6-7,9H2,(H,20,21)/t10-,16+/m0/s1. The van der Waals surface area contributed by atoms with Crippen LogP contribution in [0, 0.1) is 11.3 Å². The Morgan fingerprint density at radius 3 is 3.00 bits per heavy atom. The maximum absolute atomic E-state index is 12.8. The van der Waals surface area contributed by atoms with Crippen molar-refractivity contribution in [3.8, 4) is 9.88 Å². The Labute approximate surface area is 146 Å². The zero-order valence-electron chi connectivity index (χ0n) is 12.8. The van der Waals surface area contributed by atoms with Crippen LogP contribution < -0.4 is 0 Å². The van der Waals surface area contributed by atoms with Gasteiger partial charge in [-0.3, -0.25) is 9.59 Å². The van der Waals surface area contributed by atoms with Crippen molar-refractivity contribution in [1.29, 1.82) is 0 Å². The molecule has 2 saturated heterocycles. The Bertz CT molecular complexity index is 773. The summed E-state index contributed by atoms with van der Waals surface area (Å²) < 4.78 is 5.43. The SMILES string of the molecule is O=C(c1csc(-c2cccs2)n1)N1C[C@H]2COCC[C@@]2(C(=O)O)C1. The van der Waals surface area contributed by atoms with Gasteiger partial charge in [0, 0.05) is 31.0 Å². The number of aromatic nitrogens is 1. The third-order valence-electron chi connectivity index (χ3n) is 4.88. The van der Waals surface area contributed by atoms with E-state index in [1.54, 1.807) is 21.6 Å². The van der Waals surface area contributed by atoms with E-state index < -0.39 is 11.4 Å². The first-order valence-electron chi connectivity index (χ1n) is 7.70. The lowest BCUT2D eigenvalue weighted by Gasteiger charge is -2.33. The highest BCUT2D eigenvalue weighted by atomic mass is 32.1. The zero-order chi connectivity index (χ0) is 16.7. The van der Waals surface area contributed by atoms with Crippen LogP contribution in [0.4, 0.5) is 0 Å². The predicted molar refractivity (Wildman–Crippen MR) is 90.3 cm³/mol. The first-order valence-corrected chi connectivity index (χ1v) is 9.46. The van der Waals surface area contributed by atoms with E-state index in [2.05, 4.69) is 4.98 Å². The third kappa shape index (κ3) is 2.45. The molecule has 1 amide bonds. The average Bonchev–Trinajstić information content (AvgIpc) is 3.30. The molecule has 2 atom stereocenters. The van der Waals surface area contributed by atoms with Crippen molar-refractivity contribution < 1.29 is 19.4 Å². The summed E-state index contributed by atoms with van der Waals surface area (Å²) in [4.78, 5) is 31.7. The van der Waals surface area contributed by atoms with Crippen LogP contribution in [0.1, 0.15) is 16.9 Å². The Balaban J connectivity index is 1.56. The van der Waals surface area contributed by atoms with Gasteiger partial charge in [-0.2, -0.15) is 0 Å². The largest absolute Gasteiger partial charge is 0.481 e. The van der Waals surface area contributed by atoms with Crippen molar-refractivity contribution in [2.75, 3.05) is 26.3 Å². The number of thiophene rings is 1. The van der Waals surface area contributed by atoms with Crippen molar-refractivity contribution in [2.45, 2.75) is 6.42 Å². The zero-order valence-corrected chi connectivity index (χ0v) is 14.4. The number of hydrogen-bond acceptors (Lipinski definition) is 6. The van der Waals surface area contributed by atoms with Crippen LogP contribution >= 0.6 is 22.7 Å². The molecule has 2 fully saturated rings. The Kier molecular flexibility index (Phi) is 3.90. The second kappa shape index (κ2) is 5.94. The number of carbonyl (C=O) groups excluding carboxylic acids is 1. The van der Waals surface area contributed by atoms with Gasteiger partial charge in [0.25, 0.3) is 5.91 Å². The molecule has 0 aromatic carbocycles. The summed E-state index contributed by atoms with van der Waals surface area (Å²) in [5.41, 5.74) is -0.482. The average molecular weight is 364 g/mol. The normalized spacial score (nSPS) is 26.3. The number of ether oxygens (including phenoxy) is 1. The number of likely N-dealkylation sites (tertiary alicyclic amines) is 1. The maximum atomic E-state index is 12.8. The molecule has 126 valence electrons. The molecule has 0 saturated carbocycles. The number of carbonyl (C=O) groups is 2. The van der Waals surface area contributed by atoms with Gasteiger partial charge >= 0.3 is 5.97 Å². The first-order chi connectivity index (χ1) is 11.6. The lowest BCUT2D eigenvalue weighted by molar-refractivity contribution is -0.157. The molecule has 8 heteroatoms. The summed E-state index contributed by atoms with van der Waals surface area (Å²) >= 11 is 3.02. The molecule has 4 rings (SSSR count). The van der Waals surface area contributed by atoms with Crippen LogP contribution in [-0.4, -0.2) is 53.2 Å². The van der Waals surface area contributed by atoms with E-state index in [1.165, 1.54) is 11.3 Å². The molecule has 0 unspecified atom stereocenters. The summed E-state index contributed by atoms with van der Waals surface area (Å²) in [6, 6.07) is 3.92. The lowest BCUT2D eigenvalue weighted by atomic mass is 9.74. The number of hydrogen-bond donors (Lipinski definition) is 1. The van der Waals surface area contributed by atoms with Gasteiger partial charge in [-0.05, 0) is 17.9 Å². The highest BCUT2D eigenvalue weighted by Gasteiger charge is 2.55. The maximum Gasteiger partial charge on any atom is 0.311 e. The van der Waals surface area contributed by atoms with Crippen LogP contribution in [0.2, 0.25) is 0 Å². The van der Waals surface area contributed by atoms with Crippen LogP contribution in [0.5, 0.6) is 0 Å². The van der Waals surface area contributed by atoms with Gasteiger partial charge in [0.15, 0.2) is 0 Å². The molecule has 24 heavy (non-hydrogen) atoms. The number of fused-ring (bicyclic) bond motifs is 1. The summed E-state index contributed by atoms with van der Waals surface area (Å²) in [5, 5.41) is 14.2. The third-order valence-corrected chi connectivity index (χ3v) is 6.76. The number of thiazole rings is 1. The van der Waals surface area contributed by atoms with E-state index in [9.17, 15) is 14.7 Å². The summed E-state index contributed by atoms with van der Waals surface area (Å²) in [5.74, 6) is -1.17. The molecular weight excluding hydrogens is 348 g/mol. The van der Waals surface area contributed by atoms with E-state index in [1.807, 2.05) is 17.5 Å². The second-order valence-electron chi connectivity index (χ2n) is 6.18. The van der Waals surface area contributed by atoms with Gasteiger partial charge < -0.3 is 14.7 Å². The summed E-state index contributed by atoms with van der Waals surface area (Å²) in [7, 11) is 0. The molecule has 0 radical (unpaired) electrons. The Morgan fingerprint density at radius 2 is 2.29 bits per heavy atom. The van der Waals surface area contributed by atoms with Crippen molar-refractivity contribution in [3.05, 3.63) is 28.6 Å². The molecule has 2 aromatic rings. The fourth-order valence-electron chi connectivity index (χ4n) is 3.50. The minimum atomic E-state index is -0.874. The first kappa shape index (κ1) is 15.7. The molecule has 2 aliphatic rings. The molecule has 0 aliphatic carbocycles. The van der Waals surface area contributed by atoms with E-state index in [0.717, 1.165) is 9.88 Å². The van der Waals surface area contributed by atoms with E-state index in [0.29, 0.717) is 31.9 Å². The monoisotopic (exact) mass is 364 g/mol. The fraction of sp³-hybridized carbons (Fsp3) is 0.438. The molecule has 1 N–H and O–H groups in total. The Morgan fingerprint density at radius 1 is 1.42 bits per heavy atom. The minimum Gasteiger partial charge on any atom is -0.481 e. The van der Waals surface area contributed by atoms with Gasteiger partial charge in [-0.25, -0.2) is 4.98 Å². The molecule has 2 aromatic heterocycles. The molecule has 6 nitrogen and oxygen atoms in total. The smallest absolute Gasteiger partial charge is 0.311 e. The molecule has 0 bridgehead atoms. The van der Waals surface area contributed by atoms with E-state index in [4.69, 9.17) is 4.74 Å². The number of nitrogens with zero attached hydrogens (tertiary/aromatic N) is 2. The van der Waals surface area contributed by atoms with Crippen LogP contribution in [-0.2, 0) is 9.53 Å². The van der Waals surface area contributed by atoms with Crippen LogP contribution in [0.3, 0.4) is 0 Å². The molecule has 2 aliphatic heterocycles. The lowest BCUT2D eigenvalue weighted by Crippen LogP contribution is -2.45. The quantitative estimate of drug-likeness (QED) is 0.905. The number of carboxylic acids is 1. The fourth-order valence-corrected chi connectivity index (χ4v) is 5.11. The van der Waals surface area contributed by atoms with Gasteiger partial charge in [0.1, 0.15) is 10.7 Å². The minimum absolute atomic E-state index is 0.150. The van der Waals surface area contributed by atoms with Gasteiger partial charge in [0.2, 0.25) is 0 Å². The second-order valence-corrected chi connectivity index (χ2v) is 7.99. The van der Waals surface area contributed by atoms with Gasteiger partial charge in [-0.1, -0.05) is 6.07 Å². The molecular formula is C16H16N2O4S2. The summed E-state index contributed by atoms with van der Waals surface area (Å²) in [6.45, 7) is 1.48. The van der Waals surface area contributed by atoms with Gasteiger partial charge in [-0.15, -0.1) is 22.7 Å². The highest BCUT2D eigenvalue weighted by Crippen LogP contribution is 2.43. The number of rotatable bonds is 3. The molecule has 0 spiro atoms. The van der Waals surface area contributed by atoms with Crippen LogP contribution in [0.15, 0.2) is 22.9 Å². The highest BCUT2D eigenvalue weighted by molar-refractivity contribution is 7.20. The van der Waals surface area contributed by atoms with Crippen molar-refractivity contribution in [2.24, 2.45) is 11.3 Å². The topological polar surface area (TPSA) is 79.7 Å².